The van der Waals surface area contributed by atoms with Gasteiger partial charge in [-0.05, 0) is 39.0 Å². The van der Waals surface area contributed by atoms with Crippen LogP contribution in [0.2, 0.25) is 0 Å². The summed E-state index contributed by atoms with van der Waals surface area (Å²) in [5, 5.41) is 0. The van der Waals surface area contributed by atoms with Crippen LogP contribution in [0.5, 0.6) is 0 Å². The fourth-order valence-corrected chi connectivity index (χ4v) is 2.97. The van der Waals surface area contributed by atoms with Crippen molar-refractivity contribution >= 4 is 6.03 Å². The van der Waals surface area contributed by atoms with E-state index in [2.05, 4.69) is 0 Å². The van der Waals surface area contributed by atoms with E-state index in [1.807, 2.05) is 30.7 Å². The van der Waals surface area contributed by atoms with Gasteiger partial charge in [0.15, 0.2) is 0 Å². The fourth-order valence-electron chi connectivity index (χ4n) is 2.97. The van der Waals surface area contributed by atoms with E-state index in [1.54, 1.807) is 0 Å². The molecule has 110 valence electrons. The first-order valence-corrected chi connectivity index (χ1v) is 7.27. The van der Waals surface area contributed by atoms with Gasteiger partial charge in [-0.1, -0.05) is 0 Å². The molecular weight excluding hydrogens is 242 g/mol. The lowest BCUT2D eigenvalue weighted by Crippen LogP contribution is -2.39. The number of nitrogens with zero attached hydrogens (tertiary/aromatic N) is 2. The molecule has 5 nitrogen and oxygen atoms in total. The highest BCUT2D eigenvalue weighted by Crippen LogP contribution is 2.28. The highest BCUT2D eigenvalue weighted by molar-refractivity contribution is 5.76. The van der Waals surface area contributed by atoms with Crippen LogP contribution in [0.3, 0.4) is 0 Å². The molecule has 2 amide bonds. The third-order valence-corrected chi connectivity index (χ3v) is 4.31. The van der Waals surface area contributed by atoms with Crippen molar-refractivity contribution in [2.24, 2.45) is 11.7 Å². The summed E-state index contributed by atoms with van der Waals surface area (Å²) >= 11 is 0. The molecule has 0 bridgehead atoms. The van der Waals surface area contributed by atoms with E-state index in [4.69, 9.17) is 10.5 Å². The Kier molecular flexibility index (Phi) is 4.36. The van der Waals surface area contributed by atoms with Crippen LogP contribution in [0.15, 0.2) is 0 Å². The van der Waals surface area contributed by atoms with Crippen molar-refractivity contribution in [2.45, 2.75) is 44.7 Å². The maximum Gasteiger partial charge on any atom is 0.320 e. The summed E-state index contributed by atoms with van der Waals surface area (Å²) in [5.41, 5.74) is 5.79. The van der Waals surface area contributed by atoms with E-state index < -0.39 is 0 Å². The van der Waals surface area contributed by atoms with Gasteiger partial charge in [0.25, 0.3) is 0 Å². The number of urea groups is 1. The number of carbonyl (C=O) groups excluding carboxylic acids is 1. The van der Waals surface area contributed by atoms with Gasteiger partial charge in [-0.2, -0.15) is 0 Å². The molecule has 2 aliphatic heterocycles. The Bertz CT molecular complexity index is 321. The minimum absolute atomic E-state index is 0.153. The monoisotopic (exact) mass is 269 g/mol. The van der Waals surface area contributed by atoms with Crippen molar-refractivity contribution < 1.29 is 9.53 Å². The molecule has 0 aliphatic carbocycles. The molecule has 2 rings (SSSR count). The number of carbonyl (C=O) groups is 1. The Morgan fingerprint density at radius 2 is 2.00 bits per heavy atom. The normalized spacial score (nSPS) is 26.3. The van der Waals surface area contributed by atoms with Crippen LogP contribution in [-0.4, -0.2) is 60.8 Å². The lowest BCUT2D eigenvalue weighted by molar-refractivity contribution is 0.0452. The molecule has 0 aromatic heterocycles. The van der Waals surface area contributed by atoms with Crippen molar-refractivity contribution in [3.8, 4) is 0 Å². The SMILES string of the molecule is CN1C(=O)N(CCC(C)(C)N)CC1C1CCOCC1. The summed E-state index contributed by atoms with van der Waals surface area (Å²) in [5.74, 6) is 0.582. The average Bonchev–Trinajstić information content (AvgIpc) is 2.64. The van der Waals surface area contributed by atoms with Gasteiger partial charge in [0, 0.05) is 38.9 Å². The molecule has 2 fully saturated rings. The first-order chi connectivity index (χ1) is 8.88. The van der Waals surface area contributed by atoms with Crippen molar-refractivity contribution in [2.75, 3.05) is 33.4 Å². The van der Waals surface area contributed by atoms with Crippen molar-refractivity contribution in [1.82, 2.24) is 9.80 Å². The summed E-state index contributed by atoms with van der Waals surface area (Å²) in [4.78, 5) is 16.1. The fraction of sp³-hybridized carbons (Fsp3) is 0.929. The Morgan fingerprint density at radius 3 is 2.58 bits per heavy atom. The molecule has 2 saturated heterocycles. The van der Waals surface area contributed by atoms with Gasteiger partial charge in [0.05, 0.1) is 6.04 Å². The number of ether oxygens (including phenoxy) is 1. The van der Waals surface area contributed by atoms with Gasteiger partial charge >= 0.3 is 6.03 Å². The predicted octanol–water partition coefficient (Wildman–Crippen LogP) is 1.28. The molecular formula is C14H27N3O2. The van der Waals surface area contributed by atoms with Crippen LogP contribution in [0.4, 0.5) is 4.79 Å². The Hall–Kier alpha value is -0.810. The molecule has 1 unspecified atom stereocenters. The second-order valence-corrected chi connectivity index (χ2v) is 6.60. The highest BCUT2D eigenvalue weighted by atomic mass is 16.5. The Labute approximate surface area is 116 Å². The zero-order chi connectivity index (χ0) is 14.0. The molecule has 1 atom stereocenters. The average molecular weight is 269 g/mol. The van der Waals surface area contributed by atoms with Gasteiger partial charge in [-0.3, -0.25) is 0 Å². The Morgan fingerprint density at radius 1 is 1.37 bits per heavy atom. The van der Waals surface area contributed by atoms with Crippen LogP contribution in [0.25, 0.3) is 0 Å². The number of nitrogens with two attached hydrogens (primary N) is 1. The van der Waals surface area contributed by atoms with Crippen molar-refractivity contribution in [3.05, 3.63) is 0 Å². The summed E-state index contributed by atoms with van der Waals surface area (Å²) in [6.07, 6.45) is 2.98. The minimum atomic E-state index is -0.213. The van der Waals surface area contributed by atoms with Gasteiger partial charge in [0.1, 0.15) is 0 Å². The smallest absolute Gasteiger partial charge is 0.320 e. The van der Waals surface area contributed by atoms with Crippen LogP contribution >= 0.6 is 0 Å². The summed E-state index contributed by atoms with van der Waals surface area (Å²) in [7, 11) is 1.93. The number of amides is 2. The number of rotatable bonds is 4. The number of hydrogen-bond acceptors (Lipinski definition) is 3. The lowest BCUT2D eigenvalue weighted by Gasteiger charge is -2.30. The van der Waals surface area contributed by atoms with Gasteiger partial charge in [0.2, 0.25) is 0 Å². The first-order valence-electron chi connectivity index (χ1n) is 7.27. The van der Waals surface area contributed by atoms with Gasteiger partial charge < -0.3 is 20.3 Å². The minimum Gasteiger partial charge on any atom is -0.381 e. The van der Waals surface area contributed by atoms with Gasteiger partial charge in [-0.25, -0.2) is 4.79 Å². The van der Waals surface area contributed by atoms with Crippen molar-refractivity contribution in [3.63, 3.8) is 0 Å². The van der Waals surface area contributed by atoms with E-state index in [0.717, 1.165) is 45.6 Å². The van der Waals surface area contributed by atoms with E-state index in [-0.39, 0.29) is 11.6 Å². The summed E-state index contributed by atoms with van der Waals surface area (Å²) < 4.78 is 5.41. The summed E-state index contributed by atoms with van der Waals surface area (Å²) in [6, 6.07) is 0.498. The quantitative estimate of drug-likeness (QED) is 0.836. The standard InChI is InChI=1S/C14H27N3O2/c1-14(2,15)6-7-17-10-12(16(3)13(17)18)11-4-8-19-9-5-11/h11-12H,4-10,15H2,1-3H3. The molecule has 0 saturated carbocycles. The molecule has 0 spiro atoms. The van der Waals surface area contributed by atoms with Crippen molar-refractivity contribution in [1.29, 1.82) is 0 Å². The molecule has 5 heteroatoms. The topological polar surface area (TPSA) is 58.8 Å². The molecule has 0 radical (unpaired) electrons. The largest absolute Gasteiger partial charge is 0.381 e. The molecule has 0 aromatic rings. The third-order valence-electron chi connectivity index (χ3n) is 4.31. The van der Waals surface area contributed by atoms with Crippen LogP contribution in [0, 0.1) is 5.92 Å². The number of likely N-dealkylation sites (N-methyl/N-ethyl adjacent to an activating group) is 1. The zero-order valence-corrected chi connectivity index (χ0v) is 12.4. The maximum atomic E-state index is 12.3. The predicted molar refractivity (Wildman–Crippen MR) is 74.9 cm³/mol. The second-order valence-electron chi connectivity index (χ2n) is 6.60. The third kappa shape index (κ3) is 3.60. The van der Waals surface area contributed by atoms with Crippen LogP contribution in [-0.2, 0) is 4.74 Å². The molecule has 2 heterocycles. The number of hydrogen-bond donors (Lipinski definition) is 1. The molecule has 0 aromatic carbocycles. The first kappa shape index (κ1) is 14.6. The van der Waals surface area contributed by atoms with E-state index in [1.165, 1.54) is 0 Å². The highest BCUT2D eigenvalue weighted by Gasteiger charge is 2.39. The molecule has 2 aliphatic rings. The maximum absolute atomic E-state index is 12.3. The summed E-state index contributed by atoms with van der Waals surface area (Å²) in [6.45, 7) is 7.28. The molecule has 19 heavy (non-hydrogen) atoms. The Balaban J connectivity index is 1.92. The van der Waals surface area contributed by atoms with E-state index in [9.17, 15) is 4.79 Å². The van der Waals surface area contributed by atoms with E-state index in [0.29, 0.717) is 12.0 Å². The van der Waals surface area contributed by atoms with Crippen LogP contribution < -0.4 is 5.73 Å². The molecule has 2 N–H and O–H groups in total. The zero-order valence-electron chi connectivity index (χ0n) is 12.4. The second kappa shape index (κ2) is 5.67. The van der Waals surface area contributed by atoms with Crippen LogP contribution in [0.1, 0.15) is 33.1 Å². The van der Waals surface area contributed by atoms with E-state index >= 15 is 0 Å². The van der Waals surface area contributed by atoms with Gasteiger partial charge in [-0.15, -0.1) is 0 Å². The lowest BCUT2D eigenvalue weighted by atomic mass is 9.91.